The number of thioether (sulfide) groups is 1. The predicted molar refractivity (Wildman–Crippen MR) is 95.5 cm³/mol. The first kappa shape index (κ1) is 16.4. The largest absolute Gasteiger partial charge is 0.457 e. The van der Waals surface area contributed by atoms with Crippen molar-refractivity contribution >= 4 is 29.3 Å². The fourth-order valence-electron chi connectivity index (χ4n) is 2.33. The Labute approximate surface area is 144 Å². The van der Waals surface area contributed by atoms with Crippen molar-refractivity contribution in [2.75, 3.05) is 17.6 Å². The lowest BCUT2D eigenvalue weighted by Crippen LogP contribution is -2.40. The summed E-state index contributed by atoms with van der Waals surface area (Å²) in [6, 6.07) is 16.7. The van der Waals surface area contributed by atoms with Crippen LogP contribution in [0.2, 0.25) is 0 Å². The van der Waals surface area contributed by atoms with Gasteiger partial charge in [-0.2, -0.15) is 0 Å². The third-order valence-electron chi connectivity index (χ3n) is 3.50. The molecule has 24 heavy (non-hydrogen) atoms. The van der Waals surface area contributed by atoms with Crippen molar-refractivity contribution in [3.05, 3.63) is 54.6 Å². The third-order valence-corrected chi connectivity index (χ3v) is 4.72. The van der Waals surface area contributed by atoms with E-state index in [0.717, 1.165) is 11.5 Å². The number of nitrogens with one attached hydrogen (secondary N) is 2. The normalized spacial score (nSPS) is 17.0. The van der Waals surface area contributed by atoms with Crippen molar-refractivity contribution in [2.24, 2.45) is 0 Å². The Morgan fingerprint density at radius 1 is 1.12 bits per heavy atom. The van der Waals surface area contributed by atoms with Crippen LogP contribution in [0.3, 0.4) is 0 Å². The number of carbonyl (C=O) groups is 2. The molecule has 3 rings (SSSR count). The minimum Gasteiger partial charge on any atom is -0.457 e. The van der Waals surface area contributed by atoms with Gasteiger partial charge in [-0.1, -0.05) is 18.2 Å². The summed E-state index contributed by atoms with van der Waals surface area (Å²) in [5, 5.41) is 5.28. The van der Waals surface area contributed by atoms with E-state index < -0.39 is 0 Å². The SMILES string of the molecule is O=C(C[C@@H]1SCCNC1=O)Nc1ccc(Oc2ccccc2)cc1. The number of rotatable bonds is 5. The molecule has 124 valence electrons. The van der Waals surface area contributed by atoms with Gasteiger partial charge >= 0.3 is 0 Å². The molecule has 2 aromatic rings. The average Bonchev–Trinajstić information content (AvgIpc) is 2.60. The molecule has 0 spiro atoms. The van der Waals surface area contributed by atoms with Crippen LogP contribution < -0.4 is 15.4 Å². The van der Waals surface area contributed by atoms with Crippen molar-refractivity contribution in [3.8, 4) is 11.5 Å². The number of ether oxygens (including phenoxy) is 1. The number of para-hydroxylation sites is 1. The molecule has 1 atom stereocenters. The first-order valence-electron chi connectivity index (χ1n) is 7.73. The lowest BCUT2D eigenvalue weighted by molar-refractivity contribution is -0.123. The van der Waals surface area contributed by atoms with E-state index in [1.165, 1.54) is 11.8 Å². The molecule has 0 unspecified atom stereocenters. The summed E-state index contributed by atoms with van der Waals surface area (Å²) in [7, 11) is 0. The highest BCUT2D eigenvalue weighted by Gasteiger charge is 2.25. The molecule has 2 N–H and O–H groups in total. The highest BCUT2D eigenvalue weighted by atomic mass is 32.2. The van der Waals surface area contributed by atoms with Gasteiger partial charge in [-0.15, -0.1) is 11.8 Å². The van der Waals surface area contributed by atoms with Crippen LogP contribution in [0.15, 0.2) is 54.6 Å². The predicted octanol–water partition coefficient (Wildman–Crippen LogP) is 3.04. The molecule has 0 radical (unpaired) electrons. The summed E-state index contributed by atoms with van der Waals surface area (Å²) >= 11 is 1.52. The highest BCUT2D eigenvalue weighted by Crippen LogP contribution is 2.23. The van der Waals surface area contributed by atoms with Crippen LogP contribution in [0.25, 0.3) is 0 Å². The fraction of sp³-hybridized carbons (Fsp3) is 0.222. The number of hydrogen-bond acceptors (Lipinski definition) is 4. The van der Waals surface area contributed by atoms with Gasteiger partial charge in [-0.3, -0.25) is 9.59 Å². The Bertz CT molecular complexity index is 704. The van der Waals surface area contributed by atoms with Crippen LogP contribution in [0.1, 0.15) is 6.42 Å². The summed E-state index contributed by atoms with van der Waals surface area (Å²) in [5.74, 6) is 2.07. The summed E-state index contributed by atoms with van der Waals surface area (Å²) < 4.78 is 5.70. The van der Waals surface area contributed by atoms with Gasteiger partial charge in [0.1, 0.15) is 11.5 Å². The van der Waals surface area contributed by atoms with Crippen molar-refractivity contribution in [2.45, 2.75) is 11.7 Å². The molecule has 2 amide bonds. The zero-order valence-electron chi connectivity index (χ0n) is 13.0. The maximum atomic E-state index is 12.1. The number of anilines is 1. The van der Waals surface area contributed by atoms with E-state index in [2.05, 4.69) is 10.6 Å². The van der Waals surface area contributed by atoms with Crippen molar-refractivity contribution < 1.29 is 14.3 Å². The summed E-state index contributed by atoms with van der Waals surface area (Å²) in [4.78, 5) is 23.7. The zero-order valence-corrected chi connectivity index (χ0v) is 13.8. The van der Waals surface area contributed by atoms with E-state index in [0.29, 0.717) is 18.0 Å². The van der Waals surface area contributed by atoms with Gasteiger partial charge in [0.05, 0.1) is 5.25 Å². The topological polar surface area (TPSA) is 67.4 Å². The smallest absolute Gasteiger partial charge is 0.233 e. The Morgan fingerprint density at radius 3 is 2.54 bits per heavy atom. The minimum atomic E-state index is -0.306. The van der Waals surface area contributed by atoms with Gasteiger partial charge in [-0.05, 0) is 36.4 Å². The number of benzene rings is 2. The van der Waals surface area contributed by atoms with Crippen LogP contribution in [0.5, 0.6) is 11.5 Å². The molecule has 0 aromatic heterocycles. The molecule has 6 heteroatoms. The number of hydrogen-bond donors (Lipinski definition) is 2. The molecule has 1 heterocycles. The van der Waals surface area contributed by atoms with E-state index in [9.17, 15) is 9.59 Å². The van der Waals surface area contributed by atoms with Crippen LogP contribution in [-0.2, 0) is 9.59 Å². The summed E-state index contributed by atoms with van der Waals surface area (Å²) in [6.45, 7) is 0.671. The van der Waals surface area contributed by atoms with Crippen LogP contribution >= 0.6 is 11.8 Å². The lowest BCUT2D eigenvalue weighted by atomic mass is 10.2. The average molecular weight is 342 g/mol. The zero-order chi connectivity index (χ0) is 16.8. The molecular weight excluding hydrogens is 324 g/mol. The first-order chi connectivity index (χ1) is 11.7. The lowest BCUT2D eigenvalue weighted by Gasteiger charge is -2.20. The fourth-order valence-corrected chi connectivity index (χ4v) is 3.34. The molecule has 0 bridgehead atoms. The van der Waals surface area contributed by atoms with E-state index in [-0.39, 0.29) is 23.5 Å². The van der Waals surface area contributed by atoms with Crippen molar-refractivity contribution in [1.29, 1.82) is 0 Å². The molecule has 1 saturated heterocycles. The Morgan fingerprint density at radius 2 is 1.83 bits per heavy atom. The van der Waals surface area contributed by atoms with Gasteiger partial charge in [0, 0.05) is 24.4 Å². The Kier molecular flexibility index (Phi) is 5.38. The van der Waals surface area contributed by atoms with E-state index in [1.807, 2.05) is 30.3 Å². The molecule has 1 aliphatic rings. The van der Waals surface area contributed by atoms with Gasteiger partial charge in [-0.25, -0.2) is 0 Å². The van der Waals surface area contributed by atoms with Crippen molar-refractivity contribution in [3.63, 3.8) is 0 Å². The molecule has 1 fully saturated rings. The molecule has 1 aliphatic heterocycles. The maximum Gasteiger partial charge on any atom is 0.233 e. The first-order valence-corrected chi connectivity index (χ1v) is 8.78. The molecule has 0 aliphatic carbocycles. The van der Waals surface area contributed by atoms with Gasteiger partial charge < -0.3 is 15.4 Å². The van der Waals surface area contributed by atoms with E-state index in [1.54, 1.807) is 24.3 Å². The standard InChI is InChI=1S/C18H18N2O3S/c21-17(12-16-18(22)19-10-11-24-16)20-13-6-8-15(9-7-13)23-14-4-2-1-3-5-14/h1-9,16H,10-12H2,(H,19,22)(H,20,21)/t16-/m0/s1. The molecule has 2 aromatic carbocycles. The highest BCUT2D eigenvalue weighted by molar-refractivity contribution is 8.00. The van der Waals surface area contributed by atoms with E-state index in [4.69, 9.17) is 4.74 Å². The second kappa shape index (κ2) is 7.88. The van der Waals surface area contributed by atoms with Crippen LogP contribution in [0.4, 0.5) is 5.69 Å². The number of amides is 2. The maximum absolute atomic E-state index is 12.1. The molecule has 0 saturated carbocycles. The second-order valence-corrected chi connectivity index (χ2v) is 6.65. The molecular formula is C18H18N2O3S. The second-order valence-electron chi connectivity index (χ2n) is 5.34. The van der Waals surface area contributed by atoms with Gasteiger partial charge in [0.25, 0.3) is 0 Å². The molecule has 5 nitrogen and oxygen atoms in total. The van der Waals surface area contributed by atoms with Gasteiger partial charge in [0.15, 0.2) is 0 Å². The minimum absolute atomic E-state index is 0.0620. The Balaban J connectivity index is 1.54. The van der Waals surface area contributed by atoms with Crippen LogP contribution in [0, 0.1) is 0 Å². The Hall–Kier alpha value is -2.47. The van der Waals surface area contributed by atoms with Crippen molar-refractivity contribution in [1.82, 2.24) is 5.32 Å². The monoisotopic (exact) mass is 342 g/mol. The van der Waals surface area contributed by atoms with Crippen LogP contribution in [-0.4, -0.2) is 29.4 Å². The summed E-state index contributed by atoms with van der Waals surface area (Å²) in [5.41, 5.74) is 0.682. The summed E-state index contributed by atoms with van der Waals surface area (Å²) in [6.07, 6.45) is 0.179. The third kappa shape index (κ3) is 4.52. The number of carbonyl (C=O) groups excluding carboxylic acids is 2. The van der Waals surface area contributed by atoms with Gasteiger partial charge in [0.2, 0.25) is 11.8 Å². The quantitative estimate of drug-likeness (QED) is 0.876. The van der Waals surface area contributed by atoms with E-state index >= 15 is 0 Å².